The second-order valence-corrected chi connectivity index (χ2v) is 4.68. The van der Waals surface area contributed by atoms with Crippen molar-refractivity contribution in [3.8, 4) is 0 Å². The van der Waals surface area contributed by atoms with Crippen LogP contribution in [0.5, 0.6) is 0 Å². The molecule has 70 valence electrons. The maximum Gasteiger partial charge on any atom is -0.0132 e. The van der Waals surface area contributed by atoms with Crippen LogP contribution < -0.4 is 0 Å². The van der Waals surface area contributed by atoms with E-state index in [-0.39, 0.29) is 5.41 Å². The number of aryl methyl sites for hydroxylation is 1. The summed E-state index contributed by atoms with van der Waals surface area (Å²) < 4.78 is 0. The van der Waals surface area contributed by atoms with E-state index >= 15 is 0 Å². The zero-order valence-corrected chi connectivity index (χ0v) is 9.07. The molecule has 0 aromatic heterocycles. The van der Waals surface area contributed by atoms with Gasteiger partial charge < -0.3 is 0 Å². The van der Waals surface area contributed by atoms with Gasteiger partial charge in [-0.1, -0.05) is 32.9 Å². The van der Waals surface area contributed by atoms with Gasteiger partial charge in [0.05, 0.1) is 0 Å². The Morgan fingerprint density at radius 1 is 1.08 bits per heavy atom. The predicted molar refractivity (Wildman–Crippen MR) is 58.8 cm³/mol. The molecule has 1 rings (SSSR count). The average Bonchev–Trinajstić information content (AvgIpc) is 1.97. The second kappa shape index (κ2) is 3.17. The molecule has 0 heterocycles. The van der Waals surface area contributed by atoms with Gasteiger partial charge in [-0.25, -0.2) is 0 Å². The Morgan fingerprint density at radius 3 is 2.00 bits per heavy atom. The number of hydrogen-bond acceptors (Lipinski definition) is 0. The van der Waals surface area contributed by atoms with Gasteiger partial charge in [-0.05, 0) is 48.4 Å². The summed E-state index contributed by atoms with van der Waals surface area (Å²) in [7, 11) is 0. The summed E-state index contributed by atoms with van der Waals surface area (Å²) >= 11 is 0. The van der Waals surface area contributed by atoms with Gasteiger partial charge in [0.25, 0.3) is 0 Å². The fourth-order valence-corrected chi connectivity index (χ4v) is 1.32. The van der Waals surface area contributed by atoms with Gasteiger partial charge in [-0.3, -0.25) is 0 Å². The minimum Gasteiger partial charge on any atom is -0.0561 e. The van der Waals surface area contributed by atoms with Crippen LogP contribution in [0.4, 0.5) is 0 Å². The molecule has 0 atom stereocenters. The molecule has 0 fully saturated rings. The molecular weight excluding hydrogens is 156 g/mol. The number of hydrogen-bond donors (Lipinski definition) is 0. The molecule has 13 heavy (non-hydrogen) atoms. The van der Waals surface area contributed by atoms with Crippen LogP contribution >= 0.6 is 0 Å². The van der Waals surface area contributed by atoms with Crippen LogP contribution in [-0.4, -0.2) is 0 Å². The normalized spacial score (nSPS) is 11.8. The first-order chi connectivity index (χ1) is 5.82. The van der Waals surface area contributed by atoms with Gasteiger partial charge in [0.1, 0.15) is 0 Å². The SMILES string of the molecule is [CH2]c1cc(C(C)(C)C)cc(C)c1[CH2]. The third-order valence-corrected chi connectivity index (χ3v) is 2.43. The van der Waals surface area contributed by atoms with E-state index in [1.165, 1.54) is 11.1 Å². The van der Waals surface area contributed by atoms with E-state index in [9.17, 15) is 0 Å². The third kappa shape index (κ3) is 2.12. The summed E-state index contributed by atoms with van der Waals surface area (Å²) in [4.78, 5) is 0. The molecule has 0 saturated carbocycles. The van der Waals surface area contributed by atoms with E-state index in [1.54, 1.807) is 0 Å². The van der Waals surface area contributed by atoms with Crippen LogP contribution in [0.2, 0.25) is 0 Å². The first-order valence-electron chi connectivity index (χ1n) is 4.61. The van der Waals surface area contributed by atoms with Crippen molar-refractivity contribution in [2.45, 2.75) is 33.1 Å². The van der Waals surface area contributed by atoms with Crippen molar-refractivity contribution in [2.24, 2.45) is 0 Å². The van der Waals surface area contributed by atoms with Crippen LogP contribution in [0, 0.1) is 20.8 Å². The highest BCUT2D eigenvalue weighted by Crippen LogP contribution is 2.26. The molecule has 0 unspecified atom stereocenters. The molecule has 1 aromatic rings. The van der Waals surface area contributed by atoms with E-state index in [2.05, 4.69) is 53.7 Å². The molecule has 0 aliphatic carbocycles. The first-order valence-corrected chi connectivity index (χ1v) is 4.61. The highest BCUT2D eigenvalue weighted by Gasteiger charge is 2.14. The van der Waals surface area contributed by atoms with Gasteiger partial charge in [0.15, 0.2) is 0 Å². The van der Waals surface area contributed by atoms with Crippen LogP contribution in [0.3, 0.4) is 0 Å². The molecule has 0 aliphatic rings. The van der Waals surface area contributed by atoms with Crippen molar-refractivity contribution in [3.63, 3.8) is 0 Å². The topological polar surface area (TPSA) is 0 Å². The van der Waals surface area contributed by atoms with Gasteiger partial charge in [-0.2, -0.15) is 0 Å². The Kier molecular flexibility index (Phi) is 2.51. The van der Waals surface area contributed by atoms with Crippen LogP contribution in [0.25, 0.3) is 0 Å². The van der Waals surface area contributed by atoms with Crippen molar-refractivity contribution < 1.29 is 0 Å². The van der Waals surface area contributed by atoms with Gasteiger partial charge in [-0.15, -0.1) is 0 Å². The van der Waals surface area contributed by atoms with Crippen LogP contribution in [-0.2, 0) is 5.41 Å². The fourth-order valence-electron chi connectivity index (χ4n) is 1.32. The Balaban J connectivity index is 3.29. The molecule has 1 aromatic carbocycles. The lowest BCUT2D eigenvalue weighted by molar-refractivity contribution is 0.589. The Labute approximate surface area is 82.0 Å². The number of rotatable bonds is 0. The van der Waals surface area contributed by atoms with Crippen molar-refractivity contribution in [2.75, 3.05) is 0 Å². The smallest absolute Gasteiger partial charge is 0.0132 e. The molecule has 0 amide bonds. The molecular formula is C13H18. The molecule has 0 bridgehead atoms. The highest BCUT2D eigenvalue weighted by molar-refractivity contribution is 5.43. The van der Waals surface area contributed by atoms with E-state index < -0.39 is 0 Å². The van der Waals surface area contributed by atoms with Crippen molar-refractivity contribution >= 4 is 0 Å². The van der Waals surface area contributed by atoms with E-state index in [1.807, 2.05) is 0 Å². The zero-order chi connectivity index (χ0) is 10.2. The van der Waals surface area contributed by atoms with Crippen molar-refractivity contribution in [1.82, 2.24) is 0 Å². The molecule has 0 heteroatoms. The highest BCUT2D eigenvalue weighted by atomic mass is 14.2. The summed E-state index contributed by atoms with van der Waals surface area (Å²) in [5.41, 5.74) is 4.88. The van der Waals surface area contributed by atoms with E-state index in [0.29, 0.717) is 0 Å². The van der Waals surface area contributed by atoms with E-state index in [0.717, 1.165) is 11.1 Å². The lowest BCUT2D eigenvalue weighted by atomic mass is 9.84. The molecule has 0 saturated heterocycles. The summed E-state index contributed by atoms with van der Waals surface area (Å²) in [5.74, 6) is 0. The van der Waals surface area contributed by atoms with Crippen LogP contribution in [0.15, 0.2) is 12.1 Å². The lowest BCUT2D eigenvalue weighted by Gasteiger charge is -2.21. The van der Waals surface area contributed by atoms with Gasteiger partial charge in [0, 0.05) is 0 Å². The average molecular weight is 174 g/mol. The molecule has 0 spiro atoms. The Morgan fingerprint density at radius 2 is 1.62 bits per heavy atom. The van der Waals surface area contributed by atoms with Gasteiger partial charge >= 0.3 is 0 Å². The zero-order valence-electron chi connectivity index (χ0n) is 9.07. The van der Waals surface area contributed by atoms with Crippen molar-refractivity contribution in [1.29, 1.82) is 0 Å². The van der Waals surface area contributed by atoms with Crippen LogP contribution in [0.1, 0.15) is 43.0 Å². The fraction of sp³-hybridized carbons (Fsp3) is 0.385. The molecule has 0 N–H and O–H groups in total. The Bertz CT molecular complexity index is 290. The maximum atomic E-state index is 3.99. The molecule has 2 radical (unpaired) electrons. The first kappa shape index (κ1) is 10.3. The third-order valence-electron chi connectivity index (χ3n) is 2.43. The van der Waals surface area contributed by atoms with Gasteiger partial charge in [0.2, 0.25) is 0 Å². The minimum absolute atomic E-state index is 0.199. The monoisotopic (exact) mass is 174 g/mol. The largest absolute Gasteiger partial charge is 0.0561 e. The standard InChI is InChI=1S/C13H18/c1-9-7-12(13(4,5)6)8-10(2)11(9)3/h7-8H,1,3H2,2,4-6H3. The molecule has 0 aliphatic heterocycles. The quantitative estimate of drug-likeness (QED) is 0.563. The summed E-state index contributed by atoms with van der Waals surface area (Å²) in [6.45, 7) is 16.7. The predicted octanol–water partition coefficient (Wildman–Crippen LogP) is 3.66. The summed E-state index contributed by atoms with van der Waals surface area (Å²) in [5, 5.41) is 0. The summed E-state index contributed by atoms with van der Waals surface area (Å²) in [6, 6.07) is 4.34. The maximum absolute atomic E-state index is 3.99. The van der Waals surface area contributed by atoms with Crippen molar-refractivity contribution in [3.05, 3.63) is 48.2 Å². The van der Waals surface area contributed by atoms with E-state index in [4.69, 9.17) is 0 Å². The summed E-state index contributed by atoms with van der Waals surface area (Å²) in [6.07, 6.45) is 0. The minimum atomic E-state index is 0.199. The second-order valence-electron chi connectivity index (χ2n) is 4.68. The Hall–Kier alpha value is -0.780. The lowest BCUT2D eigenvalue weighted by Crippen LogP contribution is -2.12. The number of benzene rings is 1. The molecule has 0 nitrogen and oxygen atoms in total.